The summed E-state index contributed by atoms with van der Waals surface area (Å²) in [4.78, 5) is 10.2. The minimum atomic E-state index is 0.0362. The van der Waals surface area contributed by atoms with Gasteiger partial charge in [-0.15, -0.1) is 0 Å². The van der Waals surface area contributed by atoms with Gasteiger partial charge < -0.3 is 14.4 Å². The van der Waals surface area contributed by atoms with Crippen molar-refractivity contribution < 1.29 is 0 Å². The van der Waals surface area contributed by atoms with Crippen molar-refractivity contribution >= 4 is 39.8 Å². The minimum Gasteiger partial charge on any atom is -0.337 e. The number of fused-ring (bicyclic) bond motifs is 4. The van der Waals surface area contributed by atoms with Gasteiger partial charge >= 0.3 is 0 Å². The van der Waals surface area contributed by atoms with Crippen LogP contribution in [0.5, 0.6) is 0 Å². The van der Waals surface area contributed by atoms with Crippen LogP contribution < -0.4 is 9.80 Å². The Labute approximate surface area is 296 Å². The highest BCUT2D eigenvalue weighted by atomic mass is 15.3. The van der Waals surface area contributed by atoms with Gasteiger partial charge in [0.2, 0.25) is 0 Å². The molecule has 5 aromatic rings. The number of hydrogen-bond donors (Lipinski definition) is 0. The van der Waals surface area contributed by atoms with Crippen LogP contribution in [0.1, 0.15) is 50.3 Å². The highest BCUT2D eigenvalue weighted by Gasteiger charge is 2.37. The highest BCUT2D eigenvalue weighted by molar-refractivity contribution is 6.06. The number of aliphatic imine (C=N–C) groups is 1. The van der Waals surface area contributed by atoms with Crippen molar-refractivity contribution in [2.75, 3.05) is 9.80 Å². The van der Waals surface area contributed by atoms with Gasteiger partial charge in [-0.1, -0.05) is 119 Å². The van der Waals surface area contributed by atoms with E-state index in [0.29, 0.717) is 5.92 Å². The van der Waals surface area contributed by atoms with Gasteiger partial charge in [-0.25, -0.2) is 0 Å². The molecule has 50 heavy (non-hydrogen) atoms. The maximum Gasteiger partial charge on any atom is 0.126 e. The molecule has 2 aliphatic carbocycles. The van der Waals surface area contributed by atoms with Crippen LogP contribution in [0, 0.1) is 5.92 Å². The third-order valence-electron chi connectivity index (χ3n) is 10.3. The first kappa shape index (κ1) is 31.6. The van der Waals surface area contributed by atoms with Gasteiger partial charge in [-0.2, -0.15) is 0 Å². The van der Waals surface area contributed by atoms with E-state index in [1.165, 1.54) is 56.0 Å². The third kappa shape index (κ3) is 5.45. The fraction of sp³-hybridized carbons (Fsp3) is 0.196. The number of aromatic nitrogens is 1. The predicted molar refractivity (Wildman–Crippen MR) is 213 cm³/mol. The summed E-state index contributed by atoms with van der Waals surface area (Å²) in [5.41, 5.74) is 12.5. The highest BCUT2D eigenvalue weighted by Crippen LogP contribution is 2.53. The van der Waals surface area contributed by atoms with Gasteiger partial charge in [0.15, 0.2) is 0 Å². The molecule has 0 amide bonds. The Kier molecular flexibility index (Phi) is 8.46. The van der Waals surface area contributed by atoms with Crippen LogP contribution in [-0.4, -0.2) is 22.5 Å². The number of hydrogen-bond acceptors (Lipinski definition) is 3. The summed E-state index contributed by atoms with van der Waals surface area (Å²) in [6.45, 7) is 8.61. The van der Waals surface area contributed by atoms with Crippen LogP contribution in [0.25, 0.3) is 22.7 Å². The number of benzene rings is 4. The van der Waals surface area contributed by atoms with Crippen molar-refractivity contribution in [3.05, 3.63) is 174 Å². The lowest BCUT2D eigenvalue weighted by Gasteiger charge is -2.31. The van der Waals surface area contributed by atoms with Crippen molar-refractivity contribution in [1.29, 1.82) is 0 Å². The first-order valence-corrected chi connectivity index (χ1v) is 18.1. The number of allylic oxidation sites excluding steroid dienone is 7. The molecule has 0 N–H and O–H groups in total. The molecular formula is C46H44N4. The second-order valence-electron chi connectivity index (χ2n) is 13.3. The quantitative estimate of drug-likeness (QED) is 0.189. The zero-order valence-corrected chi connectivity index (χ0v) is 29.3. The Morgan fingerprint density at radius 1 is 0.700 bits per heavy atom. The van der Waals surface area contributed by atoms with E-state index in [9.17, 15) is 0 Å². The number of nitrogens with zero attached hydrogens (tertiary/aromatic N) is 4. The van der Waals surface area contributed by atoms with Crippen molar-refractivity contribution in [3.8, 4) is 5.69 Å². The van der Waals surface area contributed by atoms with E-state index in [0.717, 1.165) is 12.1 Å². The second kappa shape index (κ2) is 13.4. The Morgan fingerprint density at radius 3 is 2.20 bits per heavy atom. The summed E-state index contributed by atoms with van der Waals surface area (Å²) in [7, 11) is 0. The Balaban J connectivity index is 0.00000177. The Hall–Kier alpha value is -5.61. The molecule has 2 aliphatic heterocycles. The fourth-order valence-corrected chi connectivity index (χ4v) is 7.93. The topological polar surface area (TPSA) is 23.8 Å². The van der Waals surface area contributed by atoms with Crippen molar-refractivity contribution in [3.63, 3.8) is 0 Å². The normalized spacial score (nSPS) is 23.8. The van der Waals surface area contributed by atoms with Crippen molar-refractivity contribution in [1.82, 2.24) is 4.57 Å². The maximum atomic E-state index is 5.21. The average molecular weight is 653 g/mol. The Morgan fingerprint density at radius 2 is 1.44 bits per heavy atom. The van der Waals surface area contributed by atoms with E-state index in [1.54, 1.807) is 0 Å². The van der Waals surface area contributed by atoms with Crippen LogP contribution in [0.3, 0.4) is 0 Å². The number of anilines is 3. The molecule has 9 rings (SSSR count). The molecule has 4 nitrogen and oxygen atoms in total. The molecule has 3 heterocycles. The summed E-state index contributed by atoms with van der Waals surface area (Å²) in [6.07, 6.45) is 23.3. The molecule has 0 radical (unpaired) electrons. The van der Waals surface area contributed by atoms with Crippen molar-refractivity contribution in [2.24, 2.45) is 10.9 Å². The molecule has 2 bridgehead atoms. The number of rotatable bonds is 5. The fourth-order valence-electron chi connectivity index (χ4n) is 7.93. The summed E-state index contributed by atoms with van der Waals surface area (Å²) < 4.78 is 2.32. The minimum absolute atomic E-state index is 0.0362. The maximum absolute atomic E-state index is 5.21. The first-order chi connectivity index (χ1) is 24.6. The zero-order valence-electron chi connectivity index (χ0n) is 29.3. The summed E-state index contributed by atoms with van der Waals surface area (Å²) in [5, 5.41) is 1.27. The lowest BCUT2D eigenvalue weighted by Crippen LogP contribution is -2.40. The van der Waals surface area contributed by atoms with Crippen LogP contribution in [0.4, 0.5) is 17.1 Å². The van der Waals surface area contributed by atoms with E-state index in [1.807, 2.05) is 13.8 Å². The van der Waals surface area contributed by atoms with Gasteiger partial charge in [0, 0.05) is 46.7 Å². The zero-order chi connectivity index (χ0) is 34.2. The second-order valence-corrected chi connectivity index (χ2v) is 13.3. The molecule has 0 saturated heterocycles. The first-order valence-electron chi connectivity index (χ1n) is 18.1. The lowest BCUT2D eigenvalue weighted by atomic mass is 9.92. The van der Waals surface area contributed by atoms with E-state index in [-0.39, 0.29) is 18.1 Å². The van der Waals surface area contributed by atoms with E-state index >= 15 is 0 Å². The third-order valence-corrected chi connectivity index (χ3v) is 10.3. The predicted octanol–water partition coefficient (Wildman–Crippen LogP) is 11.3. The molecule has 4 unspecified atom stereocenters. The summed E-state index contributed by atoms with van der Waals surface area (Å²) in [5.74, 6) is 0.596. The summed E-state index contributed by atoms with van der Waals surface area (Å²) in [6, 6.07) is 35.4. The van der Waals surface area contributed by atoms with Crippen LogP contribution in [0.2, 0.25) is 0 Å². The van der Waals surface area contributed by atoms with Crippen LogP contribution in [0.15, 0.2) is 163 Å². The molecule has 248 valence electrons. The molecule has 4 aromatic carbocycles. The average Bonchev–Trinajstić information content (AvgIpc) is 3.84. The monoisotopic (exact) mass is 652 g/mol. The lowest BCUT2D eigenvalue weighted by molar-refractivity contribution is 0.649. The SMILES string of the molecule is CC.CC1/C=C\C=C2/C(C)c3c(cc4c(ccn4-c4ccccc4)c3N2c2ccc(CC3N=C4C=CC=CC4N3c3ccccc3)cc2)/C=C\1. The molecule has 0 saturated carbocycles. The molecule has 4 atom stereocenters. The van der Waals surface area contributed by atoms with Gasteiger partial charge in [0.25, 0.3) is 0 Å². The molecule has 4 heteroatoms. The number of para-hydroxylation sites is 2. The van der Waals surface area contributed by atoms with E-state index in [4.69, 9.17) is 4.99 Å². The standard InChI is InChI=1S/C44H38N4.C2H6/c1-30-12-11-19-39-31(2)43-33(23-20-30)29-41-37(26-27-46(41)34-13-5-3-6-14-34)44(43)48(39)36-24-21-32(22-25-36)28-42-45-38-17-9-10-18-40(38)47(42)35-15-7-4-8-16-35;1-2/h3-27,29-31,40,42H,28H2,1-2H3;1-2H3/b12-11-,23-20-,39-19+;. The molecular weight excluding hydrogens is 609 g/mol. The Bertz CT molecular complexity index is 2200. The van der Waals surface area contributed by atoms with Gasteiger partial charge in [-0.05, 0) is 83.3 Å². The van der Waals surface area contributed by atoms with Crippen molar-refractivity contribution in [2.45, 2.75) is 52.2 Å². The van der Waals surface area contributed by atoms with Gasteiger partial charge in [0.1, 0.15) is 6.17 Å². The van der Waals surface area contributed by atoms with Gasteiger partial charge in [-0.3, -0.25) is 4.99 Å². The molecule has 1 aromatic heterocycles. The van der Waals surface area contributed by atoms with Gasteiger partial charge in [0.05, 0.1) is 23.0 Å². The smallest absolute Gasteiger partial charge is 0.126 e. The van der Waals surface area contributed by atoms with E-state index in [2.05, 4.69) is 186 Å². The molecule has 4 aliphatic rings. The van der Waals surface area contributed by atoms with Crippen LogP contribution >= 0.6 is 0 Å². The van der Waals surface area contributed by atoms with Crippen LogP contribution in [-0.2, 0) is 6.42 Å². The largest absolute Gasteiger partial charge is 0.337 e. The summed E-state index contributed by atoms with van der Waals surface area (Å²) >= 11 is 0. The molecule has 0 fully saturated rings. The molecule has 0 spiro atoms. The van der Waals surface area contributed by atoms with E-state index < -0.39 is 0 Å².